The first-order valence-electron chi connectivity index (χ1n) is 11.9. The van der Waals surface area contributed by atoms with E-state index in [1.54, 1.807) is 42.5 Å². The number of hydrogen-bond acceptors (Lipinski definition) is 6. The molecule has 2 heterocycles. The van der Waals surface area contributed by atoms with Crippen molar-refractivity contribution in [1.29, 1.82) is 0 Å². The average Bonchev–Trinajstić information content (AvgIpc) is 3.33. The average molecular weight is 587 g/mol. The Morgan fingerprint density at radius 2 is 1.86 bits per heavy atom. The standard InChI is InChI=1S/C27H25BrClN3O5/c1-3-36-22-13-17(12-20(28)24(22)37-14-16-8-10-18(29)11-9-16)23-15(2)31-27(25(23)32(34)35)19-6-4-5-7-21(19)30-26(27)33/h4-13,15,23,25,31H,3,14H2,1-2H3,(H,30,33)/t15-,23-,25+,27+/m0/s1. The topological polar surface area (TPSA) is 103 Å². The molecule has 0 saturated carbocycles. The van der Waals surface area contributed by atoms with Gasteiger partial charge in [-0.15, -0.1) is 0 Å². The van der Waals surface area contributed by atoms with Gasteiger partial charge in [-0.05, 0) is 71.2 Å². The van der Waals surface area contributed by atoms with Crippen LogP contribution in [0.15, 0.2) is 65.1 Å². The van der Waals surface area contributed by atoms with Gasteiger partial charge in [-0.3, -0.25) is 20.2 Å². The van der Waals surface area contributed by atoms with Crippen molar-refractivity contribution >= 4 is 39.1 Å². The van der Waals surface area contributed by atoms with Crippen molar-refractivity contribution < 1.29 is 19.2 Å². The van der Waals surface area contributed by atoms with Crippen molar-refractivity contribution in [2.75, 3.05) is 11.9 Å². The lowest BCUT2D eigenvalue weighted by molar-refractivity contribution is -0.532. The van der Waals surface area contributed by atoms with Crippen molar-refractivity contribution in [1.82, 2.24) is 5.32 Å². The van der Waals surface area contributed by atoms with Gasteiger partial charge in [0.1, 0.15) is 6.61 Å². The molecule has 1 spiro atoms. The summed E-state index contributed by atoms with van der Waals surface area (Å²) in [6.07, 6.45) is 0. The molecule has 10 heteroatoms. The molecular formula is C27H25BrClN3O5. The molecule has 0 radical (unpaired) electrons. The lowest BCUT2D eigenvalue weighted by atomic mass is 9.78. The maximum atomic E-state index is 13.3. The van der Waals surface area contributed by atoms with Gasteiger partial charge in [0.2, 0.25) is 0 Å². The van der Waals surface area contributed by atoms with Crippen molar-refractivity contribution in [2.45, 2.75) is 44.0 Å². The Balaban J connectivity index is 1.54. The smallest absolute Gasteiger partial charge is 0.256 e. The first-order valence-corrected chi connectivity index (χ1v) is 13.1. The molecule has 3 aromatic carbocycles. The van der Waals surface area contributed by atoms with Crippen LogP contribution in [-0.4, -0.2) is 29.5 Å². The van der Waals surface area contributed by atoms with E-state index in [2.05, 4.69) is 26.6 Å². The molecule has 192 valence electrons. The number of benzene rings is 3. The number of para-hydroxylation sites is 1. The predicted molar refractivity (Wildman–Crippen MR) is 144 cm³/mol. The molecule has 0 unspecified atom stereocenters. The van der Waals surface area contributed by atoms with E-state index in [0.29, 0.717) is 44.4 Å². The van der Waals surface area contributed by atoms with Crippen LogP contribution < -0.4 is 20.1 Å². The third-order valence-electron chi connectivity index (χ3n) is 6.98. The Morgan fingerprint density at radius 1 is 1.14 bits per heavy atom. The fourth-order valence-corrected chi connectivity index (χ4v) is 6.17. The zero-order chi connectivity index (χ0) is 26.3. The van der Waals surface area contributed by atoms with E-state index >= 15 is 0 Å². The highest BCUT2D eigenvalue weighted by atomic mass is 79.9. The number of halogens is 2. The summed E-state index contributed by atoms with van der Waals surface area (Å²) in [6, 6.07) is 16.4. The van der Waals surface area contributed by atoms with E-state index in [1.165, 1.54) is 0 Å². The van der Waals surface area contributed by atoms with Crippen LogP contribution in [-0.2, 0) is 16.9 Å². The number of nitro groups is 1. The molecule has 2 aliphatic rings. The van der Waals surface area contributed by atoms with Crippen LogP contribution in [0.4, 0.5) is 5.69 Å². The SMILES string of the molecule is CCOc1cc([C@@H]2[C@H](C)N[C@@]3(C(=O)Nc4ccccc43)[C@@H]2[N+](=O)[O-])cc(Br)c1OCc1ccc(Cl)cc1. The number of hydrogen-bond donors (Lipinski definition) is 2. The van der Waals surface area contributed by atoms with Gasteiger partial charge in [-0.1, -0.05) is 41.9 Å². The minimum Gasteiger partial charge on any atom is -0.490 e. The molecule has 0 aromatic heterocycles. The molecule has 0 aliphatic carbocycles. The molecule has 37 heavy (non-hydrogen) atoms. The summed E-state index contributed by atoms with van der Waals surface area (Å²) in [4.78, 5) is 25.5. The summed E-state index contributed by atoms with van der Waals surface area (Å²) >= 11 is 9.58. The van der Waals surface area contributed by atoms with Crippen LogP contribution in [0.1, 0.15) is 36.5 Å². The number of anilines is 1. The van der Waals surface area contributed by atoms with E-state index in [-0.39, 0.29) is 17.6 Å². The molecule has 0 bridgehead atoms. The number of carbonyl (C=O) groups is 1. The number of amides is 1. The van der Waals surface area contributed by atoms with Crippen molar-refractivity contribution in [3.63, 3.8) is 0 Å². The van der Waals surface area contributed by atoms with Gasteiger partial charge in [0.25, 0.3) is 11.9 Å². The van der Waals surface area contributed by atoms with Crippen LogP contribution in [0.5, 0.6) is 11.5 Å². The van der Waals surface area contributed by atoms with Crippen LogP contribution in [0, 0.1) is 10.1 Å². The molecule has 8 nitrogen and oxygen atoms in total. The summed E-state index contributed by atoms with van der Waals surface area (Å²) in [6.45, 7) is 4.39. The summed E-state index contributed by atoms with van der Waals surface area (Å²) in [5.74, 6) is -0.0765. The van der Waals surface area contributed by atoms with Crippen LogP contribution in [0.25, 0.3) is 0 Å². The summed E-state index contributed by atoms with van der Waals surface area (Å²) in [7, 11) is 0. The van der Waals surface area contributed by atoms with Gasteiger partial charge in [0, 0.05) is 27.2 Å². The lowest BCUT2D eigenvalue weighted by Gasteiger charge is -2.26. The number of carbonyl (C=O) groups excluding carboxylic acids is 1. The van der Waals surface area contributed by atoms with Gasteiger partial charge >= 0.3 is 0 Å². The minimum absolute atomic E-state index is 0.286. The lowest BCUT2D eigenvalue weighted by Crippen LogP contribution is -2.54. The Kier molecular flexibility index (Phi) is 6.87. The molecule has 2 N–H and O–H groups in total. The number of nitrogens with one attached hydrogen (secondary N) is 2. The Labute approximate surface area is 227 Å². The van der Waals surface area contributed by atoms with E-state index in [1.807, 2.05) is 32.0 Å². The van der Waals surface area contributed by atoms with Crippen molar-refractivity contribution in [3.8, 4) is 11.5 Å². The summed E-state index contributed by atoms with van der Waals surface area (Å²) in [5, 5.41) is 19.4. The van der Waals surface area contributed by atoms with Gasteiger partial charge in [-0.25, -0.2) is 0 Å². The van der Waals surface area contributed by atoms with Crippen molar-refractivity contribution in [2.24, 2.45) is 0 Å². The molecule has 3 aromatic rings. The fourth-order valence-electron chi connectivity index (χ4n) is 5.47. The van der Waals surface area contributed by atoms with E-state index in [9.17, 15) is 14.9 Å². The quantitative estimate of drug-likeness (QED) is 0.274. The highest BCUT2D eigenvalue weighted by Gasteiger charge is 2.67. The third kappa shape index (κ3) is 4.35. The normalized spacial score (nSPS) is 24.1. The highest BCUT2D eigenvalue weighted by molar-refractivity contribution is 9.10. The number of fused-ring (bicyclic) bond motifs is 2. The molecule has 1 fully saturated rings. The second-order valence-corrected chi connectivity index (χ2v) is 10.5. The molecule has 2 aliphatic heterocycles. The molecule has 1 saturated heterocycles. The Bertz CT molecular complexity index is 1370. The Hall–Kier alpha value is -3.14. The van der Waals surface area contributed by atoms with Gasteiger partial charge < -0.3 is 14.8 Å². The zero-order valence-corrected chi connectivity index (χ0v) is 22.5. The van der Waals surface area contributed by atoms with Gasteiger partial charge in [0.05, 0.1) is 17.0 Å². The predicted octanol–water partition coefficient (Wildman–Crippen LogP) is 5.65. The number of rotatable bonds is 7. The monoisotopic (exact) mass is 585 g/mol. The maximum absolute atomic E-state index is 13.3. The van der Waals surface area contributed by atoms with E-state index in [0.717, 1.165) is 5.56 Å². The summed E-state index contributed by atoms with van der Waals surface area (Å²) < 4.78 is 12.6. The molecular weight excluding hydrogens is 562 g/mol. The van der Waals surface area contributed by atoms with Gasteiger partial charge in [-0.2, -0.15) is 0 Å². The van der Waals surface area contributed by atoms with Crippen LogP contribution in [0.3, 0.4) is 0 Å². The largest absolute Gasteiger partial charge is 0.490 e. The molecule has 5 rings (SSSR count). The van der Waals surface area contributed by atoms with Crippen LogP contribution >= 0.6 is 27.5 Å². The summed E-state index contributed by atoms with van der Waals surface area (Å²) in [5.41, 5.74) is 1.29. The van der Waals surface area contributed by atoms with Crippen LogP contribution in [0.2, 0.25) is 5.02 Å². The first-order chi connectivity index (χ1) is 17.8. The third-order valence-corrected chi connectivity index (χ3v) is 7.82. The number of ether oxygens (including phenoxy) is 2. The zero-order valence-electron chi connectivity index (χ0n) is 20.2. The van der Waals surface area contributed by atoms with Crippen molar-refractivity contribution in [3.05, 3.63) is 97.0 Å². The highest BCUT2D eigenvalue weighted by Crippen LogP contribution is 2.51. The van der Waals surface area contributed by atoms with E-state index in [4.69, 9.17) is 21.1 Å². The second-order valence-electron chi connectivity index (χ2n) is 9.17. The number of nitrogens with zero attached hydrogens (tertiary/aromatic N) is 1. The van der Waals surface area contributed by atoms with Gasteiger partial charge in [0.15, 0.2) is 17.0 Å². The second kappa shape index (κ2) is 9.96. The minimum atomic E-state index is -1.48. The Morgan fingerprint density at radius 3 is 2.57 bits per heavy atom. The van der Waals surface area contributed by atoms with E-state index < -0.39 is 23.4 Å². The fraction of sp³-hybridized carbons (Fsp3) is 0.296. The first kappa shape index (κ1) is 25.5. The molecule has 4 atom stereocenters. The maximum Gasteiger partial charge on any atom is 0.256 e. The molecule has 1 amide bonds.